The number of carbonyl (C=O) groups excluding carboxylic acids is 3. The first-order valence-corrected chi connectivity index (χ1v) is 15.0. The van der Waals surface area contributed by atoms with Gasteiger partial charge in [-0.2, -0.15) is 0 Å². The van der Waals surface area contributed by atoms with Crippen LogP contribution in [0.2, 0.25) is 0 Å². The van der Waals surface area contributed by atoms with Gasteiger partial charge in [0.1, 0.15) is 12.4 Å². The number of benzene rings is 3. The summed E-state index contributed by atoms with van der Waals surface area (Å²) in [7, 11) is 0. The van der Waals surface area contributed by atoms with E-state index in [1.807, 2.05) is 50.2 Å². The fourth-order valence-electron chi connectivity index (χ4n) is 5.79. The van der Waals surface area contributed by atoms with Gasteiger partial charge in [0.15, 0.2) is 5.41 Å². The van der Waals surface area contributed by atoms with Gasteiger partial charge in [-0.3, -0.25) is 14.4 Å². The van der Waals surface area contributed by atoms with Crippen LogP contribution < -0.4 is 5.32 Å². The van der Waals surface area contributed by atoms with E-state index >= 15 is 0 Å². The quantitative estimate of drug-likeness (QED) is 0.127. The number of halogens is 1. The van der Waals surface area contributed by atoms with Crippen molar-refractivity contribution in [3.05, 3.63) is 115 Å². The summed E-state index contributed by atoms with van der Waals surface area (Å²) in [5, 5.41) is 24.2. The lowest BCUT2D eigenvalue weighted by atomic mass is 9.68. The van der Waals surface area contributed by atoms with Gasteiger partial charge < -0.3 is 25.2 Å². The number of aliphatic hydroxyl groups is 2. The fourth-order valence-corrected chi connectivity index (χ4v) is 5.79. The first kappa shape index (κ1) is 33.3. The van der Waals surface area contributed by atoms with Crippen molar-refractivity contribution in [3.63, 3.8) is 0 Å². The van der Waals surface area contributed by atoms with E-state index in [0.717, 1.165) is 0 Å². The zero-order chi connectivity index (χ0) is 32.6. The number of nitrogens with one attached hydrogen (secondary N) is 1. The summed E-state index contributed by atoms with van der Waals surface area (Å²) in [4.78, 5) is 42.6. The predicted molar refractivity (Wildman–Crippen MR) is 171 cm³/mol. The number of nitrogens with zero attached hydrogens (tertiary/aromatic N) is 1. The van der Waals surface area contributed by atoms with Crippen LogP contribution in [0.25, 0.3) is 11.3 Å². The summed E-state index contributed by atoms with van der Waals surface area (Å²) < 4.78 is 19.0. The molecule has 45 heavy (non-hydrogen) atoms. The molecule has 2 amide bonds. The number of carbonyl (C=O) groups is 3. The van der Waals surface area contributed by atoms with Gasteiger partial charge in [0.25, 0.3) is 0 Å². The SMILES string of the molecule is C=CCOC(=O)CC(O)CC(O)CCN1C(=O)C(C(=O)Nc2ccccc2)(C(C)C)C(c2ccccc2)=C1c1ccc(F)cc1. The third kappa shape index (κ3) is 7.38. The normalized spacial score (nSPS) is 17.7. The number of ether oxygens (including phenoxy) is 1. The van der Waals surface area contributed by atoms with Gasteiger partial charge in [-0.1, -0.05) is 75.0 Å². The Balaban J connectivity index is 1.77. The molecule has 3 aromatic rings. The molecule has 1 heterocycles. The summed E-state index contributed by atoms with van der Waals surface area (Å²) in [6, 6.07) is 23.7. The van der Waals surface area contributed by atoms with E-state index in [0.29, 0.717) is 28.1 Å². The molecule has 236 valence electrons. The van der Waals surface area contributed by atoms with E-state index in [1.54, 1.807) is 36.4 Å². The molecule has 0 saturated heterocycles. The monoisotopic (exact) mass is 614 g/mol. The Morgan fingerprint density at radius 1 is 0.956 bits per heavy atom. The molecule has 3 aromatic carbocycles. The molecular weight excluding hydrogens is 575 g/mol. The summed E-state index contributed by atoms with van der Waals surface area (Å²) in [6.07, 6.45) is -1.23. The lowest BCUT2D eigenvalue weighted by molar-refractivity contribution is -0.145. The van der Waals surface area contributed by atoms with Crippen molar-refractivity contribution in [2.75, 3.05) is 18.5 Å². The number of hydrogen-bond acceptors (Lipinski definition) is 6. The number of rotatable bonds is 14. The van der Waals surface area contributed by atoms with E-state index in [4.69, 9.17) is 4.74 Å². The molecule has 3 atom stereocenters. The zero-order valence-corrected chi connectivity index (χ0v) is 25.5. The highest BCUT2D eigenvalue weighted by atomic mass is 19.1. The maximum atomic E-state index is 14.8. The Morgan fingerprint density at radius 2 is 1.58 bits per heavy atom. The molecule has 0 bridgehead atoms. The Kier molecular flexibility index (Phi) is 11.0. The first-order chi connectivity index (χ1) is 21.6. The highest BCUT2D eigenvalue weighted by Crippen LogP contribution is 2.54. The van der Waals surface area contributed by atoms with Crippen LogP contribution in [0.4, 0.5) is 10.1 Å². The van der Waals surface area contributed by atoms with Gasteiger partial charge in [0.05, 0.1) is 24.3 Å². The van der Waals surface area contributed by atoms with Crippen molar-refractivity contribution in [2.45, 2.75) is 45.3 Å². The van der Waals surface area contributed by atoms with Crippen molar-refractivity contribution in [2.24, 2.45) is 11.3 Å². The topological polar surface area (TPSA) is 116 Å². The van der Waals surface area contributed by atoms with E-state index in [2.05, 4.69) is 11.9 Å². The molecule has 3 N–H and O–H groups in total. The number of amides is 2. The summed E-state index contributed by atoms with van der Waals surface area (Å²) in [6.45, 7) is 7.11. The van der Waals surface area contributed by atoms with E-state index in [-0.39, 0.29) is 32.4 Å². The van der Waals surface area contributed by atoms with Gasteiger partial charge in [0.2, 0.25) is 11.8 Å². The number of hydrogen-bond donors (Lipinski definition) is 3. The molecule has 1 aliphatic heterocycles. The maximum Gasteiger partial charge on any atom is 0.308 e. The second-order valence-corrected chi connectivity index (χ2v) is 11.3. The molecule has 0 radical (unpaired) electrons. The van der Waals surface area contributed by atoms with Crippen LogP contribution in [-0.4, -0.2) is 58.3 Å². The molecule has 1 aliphatic rings. The predicted octanol–water partition coefficient (Wildman–Crippen LogP) is 5.44. The average Bonchev–Trinajstić information content (AvgIpc) is 3.29. The van der Waals surface area contributed by atoms with E-state index < -0.39 is 47.1 Å². The van der Waals surface area contributed by atoms with Crippen molar-refractivity contribution in [3.8, 4) is 0 Å². The summed E-state index contributed by atoms with van der Waals surface area (Å²) >= 11 is 0. The molecular formula is C36H39FN2O6. The minimum absolute atomic E-state index is 0.0102. The van der Waals surface area contributed by atoms with Crippen LogP contribution in [0, 0.1) is 17.2 Å². The van der Waals surface area contributed by atoms with Crippen LogP contribution in [-0.2, 0) is 19.1 Å². The lowest BCUT2D eigenvalue weighted by Crippen LogP contribution is -2.49. The molecule has 0 fully saturated rings. The summed E-state index contributed by atoms with van der Waals surface area (Å²) in [5.74, 6) is -2.58. The van der Waals surface area contributed by atoms with Crippen molar-refractivity contribution < 1.29 is 33.7 Å². The van der Waals surface area contributed by atoms with Gasteiger partial charge >= 0.3 is 5.97 Å². The zero-order valence-electron chi connectivity index (χ0n) is 25.5. The minimum Gasteiger partial charge on any atom is -0.461 e. The Bertz CT molecular complexity index is 1520. The number of esters is 1. The van der Waals surface area contributed by atoms with Gasteiger partial charge in [-0.05, 0) is 66.3 Å². The van der Waals surface area contributed by atoms with E-state index in [9.17, 15) is 29.0 Å². The van der Waals surface area contributed by atoms with Crippen molar-refractivity contribution in [1.82, 2.24) is 4.90 Å². The molecule has 0 aromatic heterocycles. The maximum absolute atomic E-state index is 14.8. The molecule has 0 aliphatic carbocycles. The number of aliphatic hydroxyl groups excluding tert-OH is 2. The standard InChI is InChI=1S/C36H39FN2O6/c1-4-21-45-31(42)23-30(41)22-29(40)19-20-39-33(26-15-17-27(37)18-16-26)32(25-11-7-5-8-12-25)36(24(2)3,35(39)44)34(43)38-28-13-9-6-10-14-28/h4-18,24,29-30,40-41H,1,19-23H2,2-3H3,(H,38,43). The third-order valence-corrected chi connectivity index (χ3v) is 7.91. The Hall–Kier alpha value is -4.60. The van der Waals surface area contributed by atoms with Crippen LogP contribution in [0.3, 0.4) is 0 Å². The summed E-state index contributed by atoms with van der Waals surface area (Å²) in [5.41, 5.74) is 0.934. The van der Waals surface area contributed by atoms with E-state index in [1.165, 1.54) is 23.1 Å². The average molecular weight is 615 g/mol. The van der Waals surface area contributed by atoms with Gasteiger partial charge in [0, 0.05) is 17.8 Å². The second-order valence-electron chi connectivity index (χ2n) is 11.3. The first-order valence-electron chi connectivity index (χ1n) is 15.0. The van der Waals surface area contributed by atoms with Crippen LogP contribution in [0.15, 0.2) is 97.6 Å². The molecule has 3 unspecified atom stereocenters. The van der Waals surface area contributed by atoms with Crippen molar-refractivity contribution >= 4 is 34.7 Å². The highest BCUT2D eigenvalue weighted by Gasteiger charge is 2.60. The third-order valence-electron chi connectivity index (χ3n) is 7.91. The second kappa shape index (κ2) is 14.9. The van der Waals surface area contributed by atoms with Gasteiger partial charge in [-0.15, -0.1) is 0 Å². The molecule has 4 rings (SSSR count). The van der Waals surface area contributed by atoms with Crippen LogP contribution in [0.5, 0.6) is 0 Å². The molecule has 8 nitrogen and oxygen atoms in total. The minimum atomic E-state index is -1.68. The molecule has 0 spiro atoms. The lowest BCUT2D eigenvalue weighted by Gasteiger charge is -2.34. The number of anilines is 1. The van der Waals surface area contributed by atoms with Crippen LogP contribution >= 0.6 is 0 Å². The van der Waals surface area contributed by atoms with Gasteiger partial charge in [-0.25, -0.2) is 4.39 Å². The molecule has 0 saturated carbocycles. The smallest absolute Gasteiger partial charge is 0.308 e. The highest BCUT2D eigenvalue weighted by molar-refractivity contribution is 6.28. The largest absolute Gasteiger partial charge is 0.461 e. The Morgan fingerprint density at radius 3 is 2.18 bits per heavy atom. The number of para-hydroxylation sites is 1. The molecule has 9 heteroatoms. The van der Waals surface area contributed by atoms with Crippen molar-refractivity contribution in [1.29, 1.82) is 0 Å². The Labute approximate surface area is 262 Å². The fraction of sp³-hybridized carbons (Fsp3) is 0.306. The van der Waals surface area contributed by atoms with Crippen LogP contribution in [0.1, 0.15) is 44.2 Å².